The van der Waals surface area contributed by atoms with Crippen molar-refractivity contribution in [2.45, 2.75) is 52.4 Å². The molecule has 0 amide bonds. The largest absolute Gasteiger partial charge is 0.472 e. The number of carbonyl (C=O) groups is 1. The number of carbonyl (C=O) groups excluding carboxylic acids is 1. The van der Waals surface area contributed by atoms with Gasteiger partial charge in [0.05, 0.1) is 18.2 Å². The fourth-order valence-electron chi connectivity index (χ4n) is 2.75. The molecule has 2 fully saturated rings. The van der Waals surface area contributed by atoms with E-state index in [0.29, 0.717) is 10.8 Å². The van der Waals surface area contributed by atoms with Gasteiger partial charge in [-0.2, -0.15) is 4.39 Å². The van der Waals surface area contributed by atoms with Crippen molar-refractivity contribution < 1.29 is 37.2 Å². The SMILES string of the molecule is CC(C)(C)C(=O)OCn1c(=O)c(F)cn([C@H]2C[C@@H]3OP(=O)(O)OC[C@H]3O2)c1=O. The van der Waals surface area contributed by atoms with E-state index in [1.807, 2.05) is 0 Å². The lowest BCUT2D eigenvalue weighted by Gasteiger charge is -2.26. The number of nitrogens with zero attached hydrogens (tertiary/aromatic N) is 2. The molecule has 4 atom stereocenters. The molecule has 0 bridgehead atoms. The van der Waals surface area contributed by atoms with Gasteiger partial charge in [0.25, 0.3) is 5.56 Å². The summed E-state index contributed by atoms with van der Waals surface area (Å²) in [6.45, 7) is 3.74. The zero-order valence-corrected chi connectivity index (χ0v) is 16.3. The number of hydrogen-bond donors (Lipinski definition) is 1. The average molecular weight is 422 g/mol. The van der Waals surface area contributed by atoms with E-state index in [9.17, 15) is 28.2 Å². The third kappa shape index (κ3) is 4.11. The molecule has 0 spiro atoms. The number of phosphoric ester groups is 1. The first-order valence-corrected chi connectivity index (χ1v) is 9.88. The van der Waals surface area contributed by atoms with Gasteiger partial charge in [0.15, 0.2) is 6.73 Å². The second-order valence-electron chi connectivity index (χ2n) is 7.48. The molecule has 1 N–H and O–H groups in total. The van der Waals surface area contributed by atoms with Gasteiger partial charge in [-0.05, 0) is 20.8 Å². The quantitative estimate of drug-likeness (QED) is 0.546. The van der Waals surface area contributed by atoms with Crippen LogP contribution in [0.5, 0.6) is 0 Å². The highest BCUT2D eigenvalue weighted by molar-refractivity contribution is 7.47. The maximum atomic E-state index is 14.1. The van der Waals surface area contributed by atoms with Crippen LogP contribution < -0.4 is 11.2 Å². The molecule has 3 rings (SSSR count). The van der Waals surface area contributed by atoms with E-state index in [-0.39, 0.29) is 13.0 Å². The first kappa shape index (κ1) is 20.9. The van der Waals surface area contributed by atoms with Gasteiger partial charge in [-0.3, -0.25) is 23.2 Å². The number of halogens is 1. The van der Waals surface area contributed by atoms with Gasteiger partial charge in [0, 0.05) is 6.42 Å². The topological polar surface area (TPSA) is 135 Å². The third-order valence-electron chi connectivity index (χ3n) is 4.25. The molecule has 2 aliphatic heterocycles. The molecule has 1 aromatic heterocycles. The predicted molar refractivity (Wildman–Crippen MR) is 89.6 cm³/mol. The summed E-state index contributed by atoms with van der Waals surface area (Å²) in [6.07, 6.45) is -2.02. The Labute approximate surface area is 158 Å². The third-order valence-corrected chi connectivity index (χ3v) is 5.26. The summed E-state index contributed by atoms with van der Waals surface area (Å²) in [4.78, 5) is 45.9. The van der Waals surface area contributed by atoms with E-state index >= 15 is 0 Å². The van der Waals surface area contributed by atoms with Crippen LogP contribution in [0.1, 0.15) is 33.4 Å². The Balaban J connectivity index is 1.86. The van der Waals surface area contributed by atoms with Gasteiger partial charge in [-0.1, -0.05) is 0 Å². The number of phosphoric acid groups is 1. The summed E-state index contributed by atoms with van der Waals surface area (Å²) in [7, 11) is -4.21. The Kier molecular flexibility index (Phi) is 5.36. The summed E-state index contributed by atoms with van der Waals surface area (Å²) >= 11 is 0. The van der Waals surface area contributed by atoms with Crippen molar-refractivity contribution in [3.8, 4) is 0 Å². The van der Waals surface area contributed by atoms with Crippen LogP contribution in [0.15, 0.2) is 15.8 Å². The van der Waals surface area contributed by atoms with Gasteiger partial charge in [-0.25, -0.2) is 13.9 Å². The van der Waals surface area contributed by atoms with E-state index in [1.54, 1.807) is 20.8 Å². The van der Waals surface area contributed by atoms with Crippen molar-refractivity contribution in [1.82, 2.24) is 9.13 Å². The van der Waals surface area contributed by atoms with E-state index in [4.69, 9.17) is 14.0 Å². The van der Waals surface area contributed by atoms with Crippen molar-refractivity contribution in [2.75, 3.05) is 6.61 Å². The van der Waals surface area contributed by atoms with Crippen molar-refractivity contribution in [2.24, 2.45) is 5.41 Å². The number of hydrogen-bond acceptors (Lipinski definition) is 8. The van der Waals surface area contributed by atoms with Crippen molar-refractivity contribution in [3.05, 3.63) is 32.9 Å². The lowest BCUT2D eigenvalue weighted by Crippen LogP contribution is -2.43. The maximum absolute atomic E-state index is 14.1. The predicted octanol–water partition coefficient (Wildman–Crippen LogP) is 0.499. The molecule has 13 heteroatoms. The van der Waals surface area contributed by atoms with Gasteiger partial charge in [0.2, 0.25) is 5.82 Å². The second-order valence-corrected chi connectivity index (χ2v) is 8.89. The van der Waals surface area contributed by atoms with Gasteiger partial charge in [-0.15, -0.1) is 0 Å². The van der Waals surface area contributed by atoms with Crippen LogP contribution in [0.25, 0.3) is 0 Å². The molecule has 2 saturated heterocycles. The van der Waals surface area contributed by atoms with Crippen LogP contribution in [0.2, 0.25) is 0 Å². The highest BCUT2D eigenvalue weighted by atomic mass is 31.2. The lowest BCUT2D eigenvalue weighted by atomic mass is 9.98. The summed E-state index contributed by atoms with van der Waals surface area (Å²) in [5.74, 6) is -1.93. The van der Waals surface area contributed by atoms with E-state index in [2.05, 4.69) is 4.52 Å². The summed E-state index contributed by atoms with van der Waals surface area (Å²) < 4.78 is 46.9. The monoisotopic (exact) mass is 422 g/mol. The van der Waals surface area contributed by atoms with Crippen molar-refractivity contribution in [3.63, 3.8) is 0 Å². The molecule has 0 saturated carbocycles. The average Bonchev–Trinajstić information content (AvgIpc) is 2.98. The Hall–Kier alpha value is -1.85. The molecule has 0 radical (unpaired) electrons. The zero-order chi connectivity index (χ0) is 20.9. The highest BCUT2D eigenvalue weighted by Crippen LogP contribution is 2.52. The number of ether oxygens (including phenoxy) is 2. The second kappa shape index (κ2) is 7.20. The standard InChI is InChI=1S/C15H20FN2O9P/c1-15(2,3)13(20)24-7-18-12(19)8(16)5-17(14(18)21)11-4-9-10(26-11)6-25-28(22,23)27-9/h5,9-11H,4,6-7H2,1-3H3,(H,22,23)/t9-,10+,11+/m0/s1. The summed E-state index contributed by atoms with van der Waals surface area (Å²) in [5, 5.41) is 0. The Morgan fingerprint density at radius 3 is 2.71 bits per heavy atom. The van der Waals surface area contributed by atoms with Crippen molar-refractivity contribution >= 4 is 13.8 Å². The molecule has 1 aromatic rings. The Morgan fingerprint density at radius 1 is 1.39 bits per heavy atom. The molecule has 3 heterocycles. The van der Waals surface area contributed by atoms with E-state index < -0.39 is 61.4 Å². The molecule has 0 aliphatic carbocycles. The van der Waals surface area contributed by atoms with Gasteiger partial charge >= 0.3 is 19.5 Å². The summed E-state index contributed by atoms with van der Waals surface area (Å²) in [5.41, 5.74) is -3.10. The summed E-state index contributed by atoms with van der Waals surface area (Å²) in [6, 6.07) is 0. The Morgan fingerprint density at radius 2 is 2.07 bits per heavy atom. The zero-order valence-electron chi connectivity index (χ0n) is 15.4. The van der Waals surface area contributed by atoms with Gasteiger partial charge < -0.3 is 14.4 Å². The molecule has 0 aromatic carbocycles. The molecular weight excluding hydrogens is 402 g/mol. The van der Waals surface area contributed by atoms with Crippen LogP contribution in [0, 0.1) is 11.2 Å². The fourth-order valence-corrected chi connectivity index (χ4v) is 3.71. The highest BCUT2D eigenvalue weighted by Gasteiger charge is 2.46. The van der Waals surface area contributed by atoms with E-state index in [0.717, 1.165) is 4.57 Å². The van der Waals surface area contributed by atoms with Crippen LogP contribution in [-0.4, -0.2) is 38.8 Å². The van der Waals surface area contributed by atoms with Crippen LogP contribution in [0.4, 0.5) is 4.39 Å². The molecule has 2 aliphatic rings. The first-order valence-electron chi connectivity index (χ1n) is 8.39. The smallest absolute Gasteiger partial charge is 0.443 e. The lowest BCUT2D eigenvalue weighted by molar-refractivity contribution is -0.157. The fraction of sp³-hybridized carbons (Fsp3) is 0.667. The molecule has 156 valence electrons. The molecule has 1 unspecified atom stereocenters. The minimum atomic E-state index is -4.21. The van der Waals surface area contributed by atoms with Crippen molar-refractivity contribution in [1.29, 1.82) is 0 Å². The van der Waals surface area contributed by atoms with Gasteiger partial charge in [0.1, 0.15) is 18.4 Å². The molecular formula is C15H20FN2O9P. The van der Waals surface area contributed by atoms with Crippen LogP contribution in [-0.2, 0) is 34.6 Å². The number of fused-ring (bicyclic) bond motifs is 1. The van der Waals surface area contributed by atoms with E-state index in [1.165, 1.54) is 0 Å². The number of rotatable bonds is 3. The Bertz CT molecular complexity index is 950. The minimum absolute atomic E-state index is 0.0437. The van der Waals surface area contributed by atoms with Crippen LogP contribution in [0.3, 0.4) is 0 Å². The normalized spacial score (nSPS) is 30.1. The molecule has 28 heavy (non-hydrogen) atoms. The number of aromatic nitrogens is 2. The molecule has 11 nitrogen and oxygen atoms in total. The minimum Gasteiger partial charge on any atom is -0.443 e. The van der Waals surface area contributed by atoms with Crippen LogP contribution >= 0.6 is 7.82 Å². The maximum Gasteiger partial charge on any atom is 0.472 e. The number of esters is 1. The first-order chi connectivity index (χ1) is 12.9.